The number of carbonyl (C=O) groups excluding carboxylic acids is 1. The second-order valence-corrected chi connectivity index (χ2v) is 4.24. The van der Waals surface area contributed by atoms with Crippen LogP contribution in [0.5, 0.6) is 0 Å². The predicted molar refractivity (Wildman–Crippen MR) is 70.2 cm³/mol. The average molecular weight is 272 g/mol. The first-order valence-corrected chi connectivity index (χ1v) is 5.78. The highest BCUT2D eigenvalue weighted by Gasteiger charge is 2.13. The normalized spacial score (nSPS) is 9.90. The lowest BCUT2D eigenvalue weighted by atomic mass is 10.1. The molecule has 0 heterocycles. The van der Waals surface area contributed by atoms with E-state index in [1.807, 2.05) is 0 Å². The molecule has 0 aliphatic heterocycles. The highest BCUT2D eigenvalue weighted by molar-refractivity contribution is 6.04. The van der Waals surface area contributed by atoms with Gasteiger partial charge in [0.15, 0.2) is 0 Å². The number of anilines is 1. The number of nitrogens with one attached hydrogen (secondary N) is 1. The van der Waals surface area contributed by atoms with Gasteiger partial charge in [-0.1, -0.05) is 11.6 Å². The lowest BCUT2D eigenvalue weighted by Crippen LogP contribution is -2.14. The maximum absolute atomic E-state index is 13.6. The summed E-state index contributed by atoms with van der Waals surface area (Å²) in [5.41, 5.74) is 0.683. The minimum absolute atomic E-state index is 0.104. The molecule has 0 bridgehead atoms. The molecule has 2 aromatic carbocycles. The van der Waals surface area contributed by atoms with Crippen molar-refractivity contribution in [1.29, 1.82) is 5.26 Å². The number of benzene rings is 2. The fourth-order valence-electron chi connectivity index (χ4n) is 1.70. The number of nitrogens with zero attached hydrogens (tertiary/aromatic N) is 1. The Bertz CT molecular complexity index is 720. The Labute approximate surface area is 114 Å². The van der Waals surface area contributed by atoms with Gasteiger partial charge in [-0.25, -0.2) is 8.78 Å². The number of halogens is 2. The van der Waals surface area contributed by atoms with Gasteiger partial charge in [-0.2, -0.15) is 5.26 Å². The number of aryl methyl sites for hydroxylation is 1. The van der Waals surface area contributed by atoms with Crippen LogP contribution in [0.15, 0.2) is 36.4 Å². The summed E-state index contributed by atoms with van der Waals surface area (Å²) in [5, 5.41) is 11.1. The molecule has 0 spiro atoms. The Morgan fingerprint density at radius 1 is 1.15 bits per heavy atom. The Hall–Kier alpha value is -2.74. The topological polar surface area (TPSA) is 52.9 Å². The van der Waals surface area contributed by atoms with Gasteiger partial charge in [0.2, 0.25) is 0 Å². The van der Waals surface area contributed by atoms with Crippen molar-refractivity contribution in [2.75, 3.05) is 5.32 Å². The highest BCUT2D eigenvalue weighted by atomic mass is 19.1. The van der Waals surface area contributed by atoms with E-state index in [-0.39, 0.29) is 16.8 Å². The maximum Gasteiger partial charge on any atom is 0.258 e. The molecule has 2 aromatic rings. The van der Waals surface area contributed by atoms with E-state index in [0.29, 0.717) is 0 Å². The van der Waals surface area contributed by atoms with E-state index in [1.165, 1.54) is 24.3 Å². The monoisotopic (exact) mass is 272 g/mol. The van der Waals surface area contributed by atoms with Crippen molar-refractivity contribution in [1.82, 2.24) is 0 Å². The summed E-state index contributed by atoms with van der Waals surface area (Å²) in [6.07, 6.45) is 0. The summed E-state index contributed by atoms with van der Waals surface area (Å²) in [6, 6.07) is 9.42. The molecule has 0 unspecified atom stereocenters. The lowest BCUT2D eigenvalue weighted by molar-refractivity contribution is 0.102. The van der Waals surface area contributed by atoms with Crippen LogP contribution in [0.25, 0.3) is 0 Å². The molecule has 0 aliphatic carbocycles. The van der Waals surface area contributed by atoms with Crippen LogP contribution >= 0.6 is 0 Å². The van der Waals surface area contributed by atoms with Crippen LogP contribution in [0.2, 0.25) is 0 Å². The van der Waals surface area contributed by atoms with Gasteiger partial charge < -0.3 is 5.32 Å². The van der Waals surface area contributed by atoms with Crippen LogP contribution in [0.3, 0.4) is 0 Å². The van der Waals surface area contributed by atoms with Crippen LogP contribution < -0.4 is 5.32 Å². The summed E-state index contributed by atoms with van der Waals surface area (Å²) in [6.45, 7) is 1.74. The average Bonchev–Trinajstić information content (AvgIpc) is 2.43. The number of amides is 1. The highest BCUT2D eigenvalue weighted by Crippen LogP contribution is 2.16. The largest absolute Gasteiger partial charge is 0.322 e. The summed E-state index contributed by atoms with van der Waals surface area (Å²) >= 11 is 0. The Balaban J connectivity index is 2.28. The van der Waals surface area contributed by atoms with Gasteiger partial charge >= 0.3 is 0 Å². The SMILES string of the molecule is Cc1ccc(F)c(C(=O)Nc2ccc(F)c(C#N)c2)c1. The zero-order valence-electron chi connectivity index (χ0n) is 10.6. The molecule has 3 nitrogen and oxygen atoms in total. The first-order chi connectivity index (χ1) is 9.51. The van der Waals surface area contributed by atoms with Gasteiger partial charge in [-0.15, -0.1) is 0 Å². The van der Waals surface area contributed by atoms with Gasteiger partial charge in [-0.3, -0.25) is 4.79 Å². The molecule has 5 heteroatoms. The molecule has 0 aliphatic rings. The molecule has 0 aromatic heterocycles. The molecular weight excluding hydrogens is 262 g/mol. The minimum Gasteiger partial charge on any atom is -0.322 e. The summed E-state index contributed by atoms with van der Waals surface area (Å²) < 4.78 is 26.7. The van der Waals surface area contributed by atoms with Crippen molar-refractivity contribution in [2.45, 2.75) is 6.92 Å². The fourth-order valence-corrected chi connectivity index (χ4v) is 1.70. The van der Waals surface area contributed by atoms with Crippen molar-refractivity contribution in [3.05, 3.63) is 64.7 Å². The lowest BCUT2D eigenvalue weighted by Gasteiger charge is -2.07. The molecule has 20 heavy (non-hydrogen) atoms. The zero-order valence-corrected chi connectivity index (χ0v) is 10.6. The van der Waals surface area contributed by atoms with Gasteiger partial charge in [0, 0.05) is 5.69 Å². The Kier molecular flexibility index (Phi) is 3.76. The molecule has 1 N–H and O–H groups in total. The van der Waals surface area contributed by atoms with E-state index >= 15 is 0 Å². The van der Waals surface area contributed by atoms with Crippen molar-refractivity contribution in [3.8, 4) is 6.07 Å². The second kappa shape index (κ2) is 5.49. The maximum atomic E-state index is 13.6. The first-order valence-electron chi connectivity index (χ1n) is 5.78. The van der Waals surface area contributed by atoms with Crippen molar-refractivity contribution >= 4 is 11.6 Å². The smallest absolute Gasteiger partial charge is 0.258 e. The number of carbonyl (C=O) groups is 1. The van der Waals surface area contributed by atoms with Crippen molar-refractivity contribution < 1.29 is 13.6 Å². The molecule has 0 saturated carbocycles. The summed E-state index contributed by atoms with van der Waals surface area (Å²) in [7, 11) is 0. The van der Waals surface area contributed by atoms with E-state index in [2.05, 4.69) is 5.32 Å². The van der Waals surface area contributed by atoms with Gasteiger partial charge in [-0.05, 0) is 37.3 Å². The molecule has 0 fully saturated rings. The van der Waals surface area contributed by atoms with Crippen LogP contribution in [-0.2, 0) is 0 Å². The summed E-state index contributed by atoms with van der Waals surface area (Å²) in [5.74, 6) is -1.97. The van der Waals surface area contributed by atoms with Crippen molar-refractivity contribution in [2.24, 2.45) is 0 Å². The summed E-state index contributed by atoms with van der Waals surface area (Å²) in [4.78, 5) is 11.9. The number of rotatable bonds is 2. The quantitative estimate of drug-likeness (QED) is 0.911. The number of hydrogen-bond donors (Lipinski definition) is 1. The predicted octanol–water partition coefficient (Wildman–Crippen LogP) is 3.40. The number of nitriles is 1. The van der Waals surface area contributed by atoms with E-state index in [0.717, 1.165) is 11.6 Å². The first kappa shape index (κ1) is 13.7. The van der Waals surface area contributed by atoms with Crippen LogP contribution in [-0.4, -0.2) is 5.91 Å². The van der Waals surface area contributed by atoms with Crippen LogP contribution in [0.4, 0.5) is 14.5 Å². The van der Waals surface area contributed by atoms with Crippen LogP contribution in [0.1, 0.15) is 21.5 Å². The molecule has 1 amide bonds. The van der Waals surface area contributed by atoms with E-state index in [4.69, 9.17) is 5.26 Å². The standard InChI is InChI=1S/C15H10F2N2O/c1-9-2-4-14(17)12(6-9)15(20)19-11-3-5-13(16)10(7-11)8-18/h2-7H,1H3,(H,19,20). The van der Waals surface area contributed by atoms with Gasteiger partial charge in [0.25, 0.3) is 5.91 Å². The molecule has 0 saturated heterocycles. The molecular formula is C15H10F2N2O. The van der Waals surface area contributed by atoms with E-state index in [9.17, 15) is 13.6 Å². The Morgan fingerprint density at radius 2 is 1.85 bits per heavy atom. The third-order valence-electron chi connectivity index (χ3n) is 2.71. The van der Waals surface area contributed by atoms with Crippen LogP contribution in [0, 0.1) is 29.9 Å². The zero-order chi connectivity index (χ0) is 14.7. The third kappa shape index (κ3) is 2.81. The molecule has 2 rings (SSSR count). The minimum atomic E-state index is -0.674. The number of hydrogen-bond acceptors (Lipinski definition) is 2. The molecule has 100 valence electrons. The van der Waals surface area contributed by atoms with Crippen molar-refractivity contribution in [3.63, 3.8) is 0 Å². The molecule has 0 atom stereocenters. The van der Waals surface area contributed by atoms with Gasteiger partial charge in [0.05, 0.1) is 11.1 Å². The Morgan fingerprint density at radius 3 is 2.55 bits per heavy atom. The fraction of sp³-hybridized carbons (Fsp3) is 0.0667. The third-order valence-corrected chi connectivity index (χ3v) is 2.71. The second-order valence-electron chi connectivity index (χ2n) is 4.24. The van der Waals surface area contributed by atoms with E-state index in [1.54, 1.807) is 19.1 Å². The van der Waals surface area contributed by atoms with E-state index < -0.39 is 17.5 Å². The van der Waals surface area contributed by atoms with Gasteiger partial charge in [0.1, 0.15) is 17.7 Å². The molecule has 0 radical (unpaired) electrons.